The minimum Gasteiger partial charge on any atom is -0.403 e. The number of aromatic nitrogens is 6. The van der Waals surface area contributed by atoms with Crippen molar-refractivity contribution in [3.63, 3.8) is 0 Å². The Kier molecular flexibility index (Phi) is 6.74. The highest BCUT2D eigenvalue weighted by molar-refractivity contribution is 7.22. The van der Waals surface area contributed by atoms with Crippen LogP contribution in [0.2, 0.25) is 10.0 Å². The predicted octanol–water partition coefficient (Wildman–Crippen LogP) is 7.40. The third-order valence-electron chi connectivity index (χ3n) is 8.41. The third-order valence-corrected chi connectivity index (χ3v) is 10.1. The first-order chi connectivity index (χ1) is 21.2. The second-order valence-corrected chi connectivity index (χ2v) is 13.1. The number of hydrogen-bond donors (Lipinski definition) is 1. The number of rotatable bonds is 8. The Morgan fingerprint density at radius 1 is 1.14 bits per heavy atom. The van der Waals surface area contributed by atoms with Crippen LogP contribution in [0.15, 0.2) is 34.9 Å². The summed E-state index contributed by atoms with van der Waals surface area (Å²) in [6.07, 6.45) is -1.16. The van der Waals surface area contributed by atoms with Gasteiger partial charge in [-0.15, -0.1) is 23.4 Å². The van der Waals surface area contributed by atoms with Crippen molar-refractivity contribution in [3.05, 3.63) is 51.7 Å². The van der Waals surface area contributed by atoms with E-state index < -0.39 is 12.1 Å². The van der Waals surface area contributed by atoms with Gasteiger partial charge in [-0.3, -0.25) is 0 Å². The molecule has 5 aromatic rings. The number of fused-ring (bicyclic) bond motifs is 3. The van der Waals surface area contributed by atoms with E-state index in [-0.39, 0.29) is 29.4 Å². The molecule has 3 aromatic heterocycles. The van der Waals surface area contributed by atoms with E-state index in [4.69, 9.17) is 32.5 Å². The zero-order chi connectivity index (χ0) is 30.2. The Bertz CT molecular complexity index is 1840. The van der Waals surface area contributed by atoms with E-state index in [1.165, 1.54) is 17.4 Å². The molecule has 0 amide bonds. The molecule has 3 aliphatic rings. The smallest absolute Gasteiger partial charge is 0.403 e. The van der Waals surface area contributed by atoms with Gasteiger partial charge >= 0.3 is 6.36 Å². The van der Waals surface area contributed by atoms with Crippen LogP contribution in [0.1, 0.15) is 42.9 Å². The summed E-state index contributed by atoms with van der Waals surface area (Å²) in [5.74, 6) is 1.12. The summed E-state index contributed by atoms with van der Waals surface area (Å²) in [7, 11) is 0. The number of tetrazole rings is 1. The highest BCUT2D eigenvalue weighted by atomic mass is 35.5. The van der Waals surface area contributed by atoms with E-state index in [0.717, 1.165) is 37.0 Å². The van der Waals surface area contributed by atoms with Crippen molar-refractivity contribution in [1.82, 2.24) is 30.8 Å². The van der Waals surface area contributed by atoms with E-state index in [2.05, 4.69) is 40.4 Å². The number of hydrogen-bond acceptors (Lipinski definition) is 10. The molecule has 0 unspecified atom stereocenters. The number of benzene rings is 2. The summed E-state index contributed by atoms with van der Waals surface area (Å²) in [6.45, 7) is 0.989. The van der Waals surface area contributed by atoms with E-state index in [1.54, 1.807) is 24.3 Å². The lowest BCUT2D eigenvalue weighted by Crippen LogP contribution is -2.38. The fourth-order valence-corrected chi connectivity index (χ4v) is 7.99. The van der Waals surface area contributed by atoms with Gasteiger partial charge in [0.2, 0.25) is 5.82 Å². The summed E-state index contributed by atoms with van der Waals surface area (Å²) in [6, 6.07) is 8.40. The zero-order valence-corrected chi connectivity index (χ0v) is 25.0. The Hall–Kier alpha value is -3.46. The van der Waals surface area contributed by atoms with Crippen molar-refractivity contribution in [2.24, 2.45) is 5.92 Å². The first-order valence-corrected chi connectivity index (χ1v) is 15.5. The van der Waals surface area contributed by atoms with Crippen LogP contribution < -0.4 is 9.64 Å². The van der Waals surface area contributed by atoms with Crippen molar-refractivity contribution in [1.29, 1.82) is 0 Å². The number of thiazole rings is 1. The van der Waals surface area contributed by atoms with Crippen molar-refractivity contribution in [2.45, 2.75) is 56.7 Å². The number of H-pyrrole nitrogens is 1. The van der Waals surface area contributed by atoms with Crippen LogP contribution in [0.3, 0.4) is 0 Å². The molecule has 44 heavy (non-hydrogen) atoms. The quantitative estimate of drug-likeness (QED) is 0.181. The molecule has 1 saturated heterocycles. The Morgan fingerprint density at radius 3 is 2.64 bits per heavy atom. The number of aromatic amines is 1. The first kappa shape index (κ1) is 28.0. The number of anilines is 1. The normalized spacial score (nSPS) is 21.6. The molecule has 3 fully saturated rings. The average Bonchev–Trinajstić information content (AvgIpc) is 3.49. The van der Waals surface area contributed by atoms with Crippen molar-refractivity contribution < 1.29 is 27.2 Å². The predicted molar refractivity (Wildman–Crippen MR) is 156 cm³/mol. The molecule has 1 N–H and O–H groups in total. The Labute approximate surface area is 261 Å². The van der Waals surface area contributed by atoms with Crippen LogP contribution >= 0.6 is 34.5 Å². The molecule has 10 nitrogen and oxygen atoms in total. The lowest BCUT2D eigenvalue weighted by atomic mass is 10.0. The molecule has 2 bridgehead atoms. The largest absolute Gasteiger partial charge is 0.573 e. The second kappa shape index (κ2) is 10.6. The molecule has 228 valence electrons. The lowest BCUT2D eigenvalue weighted by Gasteiger charge is -2.31. The fraction of sp³-hybridized carbons (Fsp3) is 0.393. The van der Waals surface area contributed by atoms with Crippen LogP contribution in [-0.2, 0) is 11.3 Å². The molecule has 2 saturated carbocycles. The number of alkyl halides is 3. The fourth-order valence-electron chi connectivity index (χ4n) is 6.31. The standard InChI is InChI=1S/C28H22Cl2F3N7O3S/c29-17-2-1-3-18(30)22(17)23-16(25(43-37-23)12-4-5-12)11-41-19-9-15-6-14(19)10-40(15)27-34-24-20(42-28(31,32)33)7-13(8-21(24)44-27)26-35-38-39-36-26/h1-3,7-8,12,14-15,19H,4-6,9-11H2,(H,35,36,38,39)/t14-,15-,19+/m0/s1. The lowest BCUT2D eigenvalue weighted by molar-refractivity contribution is -0.274. The average molecular weight is 664 g/mol. The summed E-state index contributed by atoms with van der Waals surface area (Å²) >= 11 is 14.3. The molecular weight excluding hydrogens is 642 g/mol. The summed E-state index contributed by atoms with van der Waals surface area (Å²) in [5.41, 5.74) is 2.60. The minimum atomic E-state index is -4.88. The van der Waals surface area contributed by atoms with Gasteiger partial charge in [0.1, 0.15) is 17.0 Å². The van der Waals surface area contributed by atoms with Gasteiger partial charge in [-0.2, -0.15) is 5.21 Å². The highest BCUT2D eigenvalue weighted by Crippen LogP contribution is 2.49. The maximum atomic E-state index is 13.3. The van der Waals surface area contributed by atoms with E-state index in [0.29, 0.717) is 55.8 Å². The number of nitrogens with zero attached hydrogens (tertiary/aromatic N) is 6. The van der Waals surface area contributed by atoms with Gasteiger partial charge in [0.25, 0.3) is 0 Å². The summed E-state index contributed by atoms with van der Waals surface area (Å²) in [5, 5.41) is 19.6. The van der Waals surface area contributed by atoms with Gasteiger partial charge < -0.3 is 18.9 Å². The molecule has 1 aliphatic heterocycles. The molecule has 0 radical (unpaired) electrons. The third kappa shape index (κ3) is 5.07. The number of piperidine rings is 1. The molecule has 2 aliphatic carbocycles. The van der Waals surface area contributed by atoms with Gasteiger partial charge in [-0.25, -0.2) is 4.98 Å². The van der Waals surface area contributed by atoms with Crippen LogP contribution in [0.25, 0.3) is 32.9 Å². The van der Waals surface area contributed by atoms with Gasteiger partial charge in [-0.1, -0.05) is 45.8 Å². The Balaban J connectivity index is 1.02. The zero-order valence-electron chi connectivity index (χ0n) is 22.6. The first-order valence-electron chi connectivity index (χ1n) is 14.0. The van der Waals surface area contributed by atoms with Crippen molar-refractivity contribution >= 4 is 49.9 Å². The maximum absolute atomic E-state index is 13.3. The molecule has 0 spiro atoms. The number of nitrogens with one attached hydrogen (secondary N) is 1. The van der Waals surface area contributed by atoms with Crippen LogP contribution in [0, 0.1) is 5.92 Å². The molecular formula is C28H22Cl2F3N7O3S. The van der Waals surface area contributed by atoms with Gasteiger partial charge in [-0.05, 0) is 55.2 Å². The van der Waals surface area contributed by atoms with Crippen molar-refractivity contribution in [2.75, 3.05) is 11.4 Å². The van der Waals surface area contributed by atoms with Gasteiger partial charge in [0.05, 0.1) is 27.5 Å². The maximum Gasteiger partial charge on any atom is 0.573 e. The topological polar surface area (TPSA) is 115 Å². The number of ether oxygens (including phenoxy) is 2. The van der Waals surface area contributed by atoms with E-state index in [1.807, 2.05) is 0 Å². The molecule has 3 atom stereocenters. The highest BCUT2D eigenvalue weighted by Gasteiger charge is 2.47. The molecule has 8 rings (SSSR count). The monoisotopic (exact) mass is 663 g/mol. The minimum absolute atomic E-state index is 0.00360. The van der Waals surface area contributed by atoms with Gasteiger partial charge in [0.15, 0.2) is 10.9 Å². The van der Waals surface area contributed by atoms with E-state index >= 15 is 0 Å². The summed E-state index contributed by atoms with van der Waals surface area (Å²) in [4.78, 5) is 6.76. The molecule has 16 heteroatoms. The van der Waals surface area contributed by atoms with Crippen LogP contribution in [-0.4, -0.2) is 55.8 Å². The molecule has 2 aromatic carbocycles. The van der Waals surface area contributed by atoms with Crippen molar-refractivity contribution in [3.8, 4) is 28.4 Å². The second-order valence-electron chi connectivity index (χ2n) is 11.2. The SMILES string of the molecule is FC(F)(F)Oc1cc(-c2nn[nH]n2)cc2sc(N3C[C@@H]4C[C@H]3C[C@H]4OCc3c(-c4c(Cl)cccc4Cl)noc3C3CC3)nc12. The van der Waals surface area contributed by atoms with Crippen LogP contribution in [0.4, 0.5) is 18.3 Å². The Morgan fingerprint density at radius 2 is 1.95 bits per heavy atom. The van der Waals surface area contributed by atoms with Crippen LogP contribution in [0.5, 0.6) is 5.75 Å². The van der Waals surface area contributed by atoms with Gasteiger partial charge in [0, 0.05) is 41.1 Å². The molecule has 4 heterocycles. The summed E-state index contributed by atoms with van der Waals surface area (Å²) < 4.78 is 57.0. The van der Waals surface area contributed by atoms with E-state index in [9.17, 15) is 13.2 Å². The number of halogens is 5.